The highest BCUT2D eigenvalue weighted by atomic mass is 16.4. The van der Waals surface area contributed by atoms with Crippen LogP contribution in [0.5, 0.6) is 0 Å². The summed E-state index contributed by atoms with van der Waals surface area (Å²) in [6, 6.07) is 0. The number of carbonyl (C=O) groups excluding carboxylic acids is 1. The van der Waals surface area contributed by atoms with Gasteiger partial charge >= 0.3 is 0 Å². The third kappa shape index (κ3) is 7.07. The second kappa shape index (κ2) is 7.35. The van der Waals surface area contributed by atoms with Gasteiger partial charge in [0, 0.05) is 19.5 Å². The molecule has 0 aromatic carbocycles. The van der Waals surface area contributed by atoms with Gasteiger partial charge in [0.25, 0.3) is 0 Å². The van der Waals surface area contributed by atoms with Gasteiger partial charge in [0.15, 0.2) is 5.84 Å². The Morgan fingerprint density at radius 3 is 2.85 bits per heavy atom. The molecule has 1 amide bonds. The number of amidine groups is 1. The number of nitrogens with two attached hydrogens (primary N) is 1. The van der Waals surface area contributed by atoms with Gasteiger partial charge in [-0.2, -0.15) is 0 Å². The number of rotatable bonds is 6. The molecule has 0 aromatic heterocycles. The number of hydrogen-bond acceptors (Lipinski definition) is 4. The van der Waals surface area contributed by atoms with Crippen molar-refractivity contribution in [1.82, 2.24) is 10.6 Å². The normalized spacial score (nSPS) is 11.3. The molecule has 0 spiro atoms. The number of carbonyl (C=O) groups is 1. The Kier molecular flexibility index (Phi) is 6.62. The monoisotopic (exact) mass is 188 g/mol. The fourth-order valence-corrected chi connectivity index (χ4v) is 0.739. The van der Waals surface area contributed by atoms with Gasteiger partial charge in [-0.3, -0.25) is 4.79 Å². The standard InChI is InChI=1S/C7H16N4O2/c1-2-10-7(12)3-4-9-5-6(8)11-13/h9,13H,2-5H2,1H3,(H2,8,11)(H,10,12). The van der Waals surface area contributed by atoms with Crippen molar-refractivity contribution in [2.45, 2.75) is 13.3 Å². The van der Waals surface area contributed by atoms with Crippen LogP contribution in [0.1, 0.15) is 13.3 Å². The summed E-state index contributed by atoms with van der Waals surface area (Å²) in [7, 11) is 0. The first-order chi connectivity index (χ1) is 6.20. The molecule has 0 aliphatic rings. The fraction of sp³-hybridized carbons (Fsp3) is 0.714. The van der Waals surface area contributed by atoms with E-state index in [2.05, 4.69) is 15.8 Å². The number of nitrogens with zero attached hydrogens (tertiary/aromatic N) is 1. The Morgan fingerprint density at radius 2 is 2.31 bits per heavy atom. The molecule has 6 heteroatoms. The summed E-state index contributed by atoms with van der Waals surface area (Å²) >= 11 is 0. The Hall–Kier alpha value is -1.30. The van der Waals surface area contributed by atoms with E-state index < -0.39 is 0 Å². The van der Waals surface area contributed by atoms with E-state index in [1.165, 1.54) is 0 Å². The first-order valence-corrected chi connectivity index (χ1v) is 4.14. The molecule has 0 aliphatic carbocycles. The van der Waals surface area contributed by atoms with Gasteiger partial charge in [-0.05, 0) is 6.92 Å². The lowest BCUT2D eigenvalue weighted by molar-refractivity contribution is -0.120. The molecule has 13 heavy (non-hydrogen) atoms. The molecule has 0 atom stereocenters. The summed E-state index contributed by atoms with van der Waals surface area (Å²) in [5.74, 6) is 0.102. The molecule has 6 nitrogen and oxygen atoms in total. The van der Waals surface area contributed by atoms with E-state index in [0.717, 1.165) is 0 Å². The number of hydrogen-bond donors (Lipinski definition) is 4. The van der Waals surface area contributed by atoms with Crippen molar-refractivity contribution in [2.24, 2.45) is 10.9 Å². The molecule has 0 aliphatic heterocycles. The van der Waals surface area contributed by atoms with Crippen molar-refractivity contribution >= 4 is 11.7 Å². The van der Waals surface area contributed by atoms with E-state index in [0.29, 0.717) is 19.5 Å². The van der Waals surface area contributed by atoms with E-state index in [1.54, 1.807) is 0 Å². The summed E-state index contributed by atoms with van der Waals surface area (Å²) in [5, 5.41) is 16.5. The van der Waals surface area contributed by atoms with Crippen molar-refractivity contribution in [3.8, 4) is 0 Å². The molecule has 0 bridgehead atoms. The molecule has 0 rings (SSSR count). The molecule has 0 heterocycles. The maximum atomic E-state index is 10.9. The van der Waals surface area contributed by atoms with Crippen molar-refractivity contribution in [3.63, 3.8) is 0 Å². The lowest BCUT2D eigenvalue weighted by Crippen LogP contribution is -2.32. The minimum atomic E-state index is -0.00508. The highest BCUT2D eigenvalue weighted by molar-refractivity contribution is 5.81. The molecule has 0 radical (unpaired) electrons. The Labute approximate surface area is 77.2 Å². The van der Waals surface area contributed by atoms with Crippen molar-refractivity contribution in [3.05, 3.63) is 0 Å². The summed E-state index contributed by atoms with van der Waals surface area (Å²) < 4.78 is 0. The molecule has 5 N–H and O–H groups in total. The third-order valence-electron chi connectivity index (χ3n) is 1.34. The van der Waals surface area contributed by atoms with Crippen LogP contribution in [0.2, 0.25) is 0 Å². The number of nitrogens with one attached hydrogen (secondary N) is 2. The summed E-state index contributed by atoms with van der Waals surface area (Å²) in [6.45, 7) is 3.30. The van der Waals surface area contributed by atoms with Crippen molar-refractivity contribution in [1.29, 1.82) is 0 Å². The Morgan fingerprint density at radius 1 is 1.62 bits per heavy atom. The maximum absolute atomic E-state index is 10.9. The highest BCUT2D eigenvalue weighted by Gasteiger charge is 1.98. The van der Waals surface area contributed by atoms with Crippen LogP contribution < -0.4 is 16.4 Å². The average molecular weight is 188 g/mol. The van der Waals surface area contributed by atoms with Crippen LogP contribution in [-0.4, -0.2) is 36.6 Å². The number of oxime groups is 1. The SMILES string of the molecule is CCNC(=O)CCNCC(N)=NO. The van der Waals surface area contributed by atoms with E-state index in [-0.39, 0.29) is 18.3 Å². The zero-order valence-corrected chi connectivity index (χ0v) is 7.71. The second-order valence-electron chi connectivity index (χ2n) is 2.47. The van der Waals surface area contributed by atoms with Gasteiger partial charge in [-0.1, -0.05) is 5.16 Å². The van der Waals surface area contributed by atoms with Crippen LogP contribution in [0.15, 0.2) is 5.16 Å². The van der Waals surface area contributed by atoms with E-state index in [1.807, 2.05) is 6.92 Å². The lowest BCUT2D eigenvalue weighted by atomic mass is 10.4. The van der Waals surface area contributed by atoms with Gasteiger partial charge in [-0.15, -0.1) is 0 Å². The predicted molar refractivity (Wildman–Crippen MR) is 49.6 cm³/mol. The maximum Gasteiger partial charge on any atom is 0.221 e. The smallest absolute Gasteiger partial charge is 0.221 e. The van der Waals surface area contributed by atoms with Crippen LogP contribution >= 0.6 is 0 Å². The van der Waals surface area contributed by atoms with Crippen LogP contribution in [0.4, 0.5) is 0 Å². The minimum absolute atomic E-state index is 0.00508. The summed E-state index contributed by atoms with van der Waals surface area (Å²) in [6.07, 6.45) is 0.395. The van der Waals surface area contributed by atoms with Gasteiger partial charge in [0.05, 0.1) is 6.54 Å². The third-order valence-corrected chi connectivity index (χ3v) is 1.34. The van der Waals surface area contributed by atoms with E-state index >= 15 is 0 Å². The zero-order chi connectivity index (χ0) is 10.1. The topological polar surface area (TPSA) is 99.7 Å². The van der Waals surface area contributed by atoms with E-state index in [9.17, 15) is 4.79 Å². The average Bonchev–Trinajstić information content (AvgIpc) is 2.12. The molecule has 0 fully saturated rings. The summed E-state index contributed by atoms with van der Waals surface area (Å²) in [4.78, 5) is 10.9. The minimum Gasteiger partial charge on any atom is -0.409 e. The fourth-order valence-electron chi connectivity index (χ4n) is 0.739. The van der Waals surface area contributed by atoms with Crippen LogP contribution in [0.25, 0.3) is 0 Å². The molecule has 76 valence electrons. The molecule has 0 aromatic rings. The first-order valence-electron chi connectivity index (χ1n) is 4.14. The van der Waals surface area contributed by atoms with E-state index in [4.69, 9.17) is 10.9 Å². The number of amides is 1. The molecule has 0 unspecified atom stereocenters. The quantitative estimate of drug-likeness (QED) is 0.139. The Bertz CT molecular complexity index is 181. The van der Waals surface area contributed by atoms with Gasteiger partial charge in [-0.25, -0.2) is 0 Å². The van der Waals surface area contributed by atoms with Crippen molar-refractivity contribution in [2.75, 3.05) is 19.6 Å². The largest absolute Gasteiger partial charge is 0.409 e. The highest BCUT2D eigenvalue weighted by Crippen LogP contribution is 1.76. The zero-order valence-electron chi connectivity index (χ0n) is 7.71. The first kappa shape index (κ1) is 11.7. The Balaban J connectivity index is 3.30. The van der Waals surface area contributed by atoms with Crippen LogP contribution in [-0.2, 0) is 4.79 Å². The molecule has 0 saturated carbocycles. The molecule has 0 saturated heterocycles. The van der Waals surface area contributed by atoms with Crippen LogP contribution in [0.3, 0.4) is 0 Å². The van der Waals surface area contributed by atoms with Gasteiger partial charge in [0.1, 0.15) is 0 Å². The molecular formula is C7H16N4O2. The lowest BCUT2D eigenvalue weighted by Gasteiger charge is -2.03. The van der Waals surface area contributed by atoms with Gasteiger partial charge in [0.2, 0.25) is 5.91 Å². The van der Waals surface area contributed by atoms with Gasteiger partial charge < -0.3 is 21.6 Å². The van der Waals surface area contributed by atoms with Crippen LogP contribution in [0, 0.1) is 0 Å². The molecular weight excluding hydrogens is 172 g/mol. The predicted octanol–water partition coefficient (Wildman–Crippen LogP) is -1.15. The summed E-state index contributed by atoms with van der Waals surface area (Å²) in [5.41, 5.74) is 5.19. The van der Waals surface area contributed by atoms with Crippen molar-refractivity contribution < 1.29 is 10.0 Å². The second-order valence-corrected chi connectivity index (χ2v) is 2.47.